The summed E-state index contributed by atoms with van der Waals surface area (Å²) in [6, 6.07) is 2.05. The van der Waals surface area contributed by atoms with E-state index in [-0.39, 0.29) is 11.0 Å². The predicted octanol–water partition coefficient (Wildman–Crippen LogP) is 3.67. The summed E-state index contributed by atoms with van der Waals surface area (Å²) >= 11 is 0. The Hall–Kier alpha value is -1.51. The highest BCUT2D eigenvalue weighted by Gasteiger charge is 2.25. The average Bonchev–Trinajstić information content (AvgIpc) is 2.56. The molecule has 2 aromatic rings. The molecule has 3 nitrogen and oxygen atoms in total. The lowest BCUT2D eigenvalue weighted by atomic mass is 9.87. The minimum atomic E-state index is 0.0372. The second-order valence-corrected chi connectivity index (χ2v) is 6.92. The zero-order valence-electron chi connectivity index (χ0n) is 12.2. The molecule has 0 aliphatic heterocycles. The van der Waals surface area contributed by atoms with Crippen LogP contribution in [0.5, 0.6) is 0 Å². The van der Waals surface area contributed by atoms with E-state index in [9.17, 15) is 0 Å². The first-order chi connectivity index (χ1) is 8.12. The Morgan fingerprint density at radius 1 is 1.11 bits per heavy atom. The molecule has 3 heteroatoms. The molecule has 98 valence electrons. The van der Waals surface area contributed by atoms with E-state index < -0.39 is 0 Å². The number of nitrogens with two attached hydrogens (primary N) is 1. The maximum Gasteiger partial charge on any atom is 0.133 e. The minimum Gasteiger partial charge on any atom is -0.383 e. The maximum absolute atomic E-state index is 6.09. The molecule has 0 saturated carbocycles. The molecule has 0 saturated heterocycles. The molecule has 2 rings (SSSR count). The van der Waals surface area contributed by atoms with E-state index in [1.165, 1.54) is 11.1 Å². The van der Waals surface area contributed by atoms with Crippen LogP contribution in [-0.4, -0.2) is 9.55 Å². The highest BCUT2D eigenvalue weighted by Crippen LogP contribution is 2.36. The van der Waals surface area contributed by atoms with Crippen LogP contribution < -0.4 is 5.73 Å². The van der Waals surface area contributed by atoms with Crippen molar-refractivity contribution in [3.63, 3.8) is 0 Å². The number of pyridine rings is 1. The van der Waals surface area contributed by atoms with Crippen LogP contribution >= 0.6 is 0 Å². The molecule has 2 heterocycles. The number of hydrogen-bond acceptors (Lipinski definition) is 2. The van der Waals surface area contributed by atoms with Gasteiger partial charge in [0.15, 0.2) is 0 Å². The topological polar surface area (TPSA) is 43.8 Å². The first kappa shape index (κ1) is 12.9. The maximum atomic E-state index is 6.09. The van der Waals surface area contributed by atoms with Crippen molar-refractivity contribution in [2.45, 2.75) is 52.5 Å². The summed E-state index contributed by atoms with van der Waals surface area (Å²) in [7, 11) is 0. The minimum absolute atomic E-state index is 0.0372. The van der Waals surface area contributed by atoms with Crippen LogP contribution in [0.3, 0.4) is 0 Å². The predicted molar refractivity (Wildman–Crippen MR) is 77.8 cm³/mol. The molecule has 0 aromatic carbocycles. The number of nitrogen functional groups attached to an aromatic ring is 1. The van der Waals surface area contributed by atoms with Gasteiger partial charge in [0.2, 0.25) is 0 Å². The normalized spacial score (nSPS) is 13.2. The van der Waals surface area contributed by atoms with Crippen molar-refractivity contribution in [1.82, 2.24) is 9.55 Å². The average molecular weight is 245 g/mol. The van der Waals surface area contributed by atoms with Crippen LogP contribution in [0.2, 0.25) is 0 Å². The second kappa shape index (κ2) is 3.74. The summed E-state index contributed by atoms with van der Waals surface area (Å²) in [6.45, 7) is 13.2. The van der Waals surface area contributed by atoms with Gasteiger partial charge in [-0.1, -0.05) is 20.8 Å². The number of fused-ring (bicyclic) bond motifs is 1. The molecule has 18 heavy (non-hydrogen) atoms. The molecule has 0 aliphatic carbocycles. The second-order valence-electron chi connectivity index (χ2n) is 6.92. The first-order valence-corrected chi connectivity index (χ1v) is 6.39. The molecule has 0 unspecified atom stereocenters. The van der Waals surface area contributed by atoms with Crippen LogP contribution in [0.1, 0.15) is 47.1 Å². The summed E-state index contributed by atoms with van der Waals surface area (Å²) in [5, 5.41) is 1.10. The molecular formula is C15H23N3. The SMILES string of the molecule is CC(C)(C)c1cn(C(C)(C)C)c2ccnc(N)c12. The summed E-state index contributed by atoms with van der Waals surface area (Å²) in [5.41, 5.74) is 8.61. The zero-order valence-corrected chi connectivity index (χ0v) is 12.2. The fraction of sp³-hybridized carbons (Fsp3) is 0.533. The number of aromatic nitrogens is 2. The lowest BCUT2D eigenvalue weighted by Gasteiger charge is -2.23. The third-order valence-electron chi connectivity index (χ3n) is 3.28. The van der Waals surface area contributed by atoms with Crippen LogP contribution in [0, 0.1) is 0 Å². The molecule has 0 spiro atoms. The van der Waals surface area contributed by atoms with E-state index in [1.807, 2.05) is 6.07 Å². The lowest BCUT2D eigenvalue weighted by Crippen LogP contribution is -2.21. The fourth-order valence-corrected chi connectivity index (χ4v) is 2.33. The van der Waals surface area contributed by atoms with Crippen LogP contribution in [0.4, 0.5) is 5.82 Å². The van der Waals surface area contributed by atoms with Gasteiger partial charge in [-0.25, -0.2) is 4.98 Å². The Morgan fingerprint density at radius 2 is 1.72 bits per heavy atom. The highest BCUT2D eigenvalue weighted by atomic mass is 15.0. The van der Waals surface area contributed by atoms with Crippen molar-refractivity contribution in [3.8, 4) is 0 Å². The first-order valence-electron chi connectivity index (χ1n) is 6.39. The van der Waals surface area contributed by atoms with Gasteiger partial charge in [-0.05, 0) is 37.8 Å². The van der Waals surface area contributed by atoms with Crippen LogP contribution in [0.15, 0.2) is 18.5 Å². The van der Waals surface area contributed by atoms with Crippen molar-refractivity contribution in [2.24, 2.45) is 0 Å². The van der Waals surface area contributed by atoms with E-state index in [2.05, 4.69) is 57.3 Å². The fourth-order valence-electron chi connectivity index (χ4n) is 2.33. The molecule has 0 bridgehead atoms. The smallest absolute Gasteiger partial charge is 0.133 e. The molecule has 0 fully saturated rings. The Morgan fingerprint density at radius 3 is 2.22 bits per heavy atom. The van der Waals surface area contributed by atoms with Crippen molar-refractivity contribution in [1.29, 1.82) is 0 Å². The van der Waals surface area contributed by atoms with E-state index in [0.29, 0.717) is 5.82 Å². The number of nitrogens with zero attached hydrogens (tertiary/aromatic N) is 2. The zero-order chi connectivity index (χ0) is 13.7. The molecule has 2 N–H and O–H groups in total. The molecule has 0 amide bonds. The van der Waals surface area contributed by atoms with E-state index in [1.54, 1.807) is 6.20 Å². The van der Waals surface area contributed by atoms with Crippen molar-refractivity contribution in [3.05, 3.63) is 24.0 Å². The molecule has 0 radical (unpaired) electrons. The van der Waals surface area contributed by atoms with Gasteiger partial charge in [-0.3, -0.25) is 0 Å². The molecule has 0 atom stereocenters. The lowest BCUT2D eigenvalue weighted by molar-refractivity contribution is 0.408. The van der Waals surface area contributed by atoms with E-state index in [4.69, 9.17) is 5.73 Å². The van der Waals surface area contributed by atoms with Gasteiger partial charge in [0.25, 0.3) is 0 Å². The van der Waals surface area contributed by atoms with Gasteiger partial charge in [0.1, 0.15) is 5.82 Å². The van der Waals surface area contributed by atoms with Gasteiger partial charge in [-0.2, -0.15) is 0 Å². The Balaban J connectivity index is 2.89. The van der Waals surface area contributed by atoms with Gasteiger partial charge in [0.05, 0.1) is 5.52 Å². The molecule has 0 aliphatic rings. The molecular weight excluding hydrogens is 222 g/mol. The highest BCUT2D eigenvalue weighted by molar-refractivity contribution is 5.93. The summed E-state index contributed by atoms with van der Waals surface area (Å²) in [5.74, 6) is 0.625. The van der Waals surface area contributed by atoms with E-state index in [0.717, 1.165) is 5.39 Å². The van der Waals surface area contributed by atoms with Gasteiger partial charge >= 0.3 is 0 Å². The summed E-state index contributed by atoms with van der Waals surface area (Å²) in [4.78, 5) is 4.24. The third kappa shape index (κ3) is 1.98. The number of hydrogen-bond donors (Lipinski definition) is 1. The number of anilines is 1. The quantitative estimate of drug-likeness (QED) is 0.769. The monoisotopic (exact) mass is 245 g/mol. The Kier molecular flexibility index (Phi) is 2.69. The van der Waals surface area contributed by atoms with E-state index >= 15 is 0 Å². The third-order valence-corrected chi connectivity index (χ3v) is 3.28. The molecule has 2 aromatic heterocycles. The van der Waals surface area contributed by atoms with Crippen molar-refractivity contribution < 1.29 is 0 Å². The van der Waals surface area contributed by atoms with Crippen LogP contribution in [-0.2, 0) is 11.0 Å². The standard InChI is InChI=1S/C15H23N3/c1-14(2,3)10-9-18(15(4,5)6)11-7-8-17-13(16)12(10)11/h7-9H,1-6H3,(H2,16,17). The Labute approximate surface area is 109 Å². The van der Waals surface area contributed by atoms with Crippen molar-refractivity contribution >= 4 is 16.7 Å². The van der Waals surface area contributed by atoms with Gasteiger partial charge < -0.3 is 10.3 Å². The van der Waals surface area contributed by atoms with Crippen molar-refractivity contribution in [2.75, 3.05) is 5.73 Å². The van der Waals surface area contributed by atoms with Crippen LogP contribution in [0.25, 0.3) is 10.9 Å². The Bertz CT molecular complexity index is 580. The summed E-state index contributed by atoms with van der Waals surface area (Å²) in [6.07, 6.45) is 4.01. The van der Waals surface area contributed by atoms with Gasteiger partial charge in [-0.15, -0.1) is 0 Å². The summed E-state index contributed by atoms with van der Waals surface area (Å²) < 4.78 is 2.29. The number of rotatable bonds is 0. The largest absolute Gasteiger partial charge is 0.383 e. The van der Waals surface area contributed by atoms with Gasteiger partial charge in [0, 0.05) is 23.3 Å².